The summed E-state index contributed by atoms with van der Waals surface area (Å²) < 4.78 is 0. The molecule has 0 aromatic rings. The Balaban J connectivity index is 1.72. The van der Waals surface area contributed by atoms with Gasteiger partial charge in [-0.1, -0.05) is 25.0 Å². The minimum absolute atomic E-state index is 0.787. The van der Waals surface area contributed by atoms with E-state index in [1.165, 1.54) is 51.5 Å². The maximum atomic E-state index is 3.84. The van der Waals surface area contributed by atoms with Crippen molar-refractivity contribution in [3.05, 3.63) is 12.2 Å². The van der Waals surface area contributed by atoms with Crippen LogP contribution in [0, 0.1) is 5.92 Å². The van der Waals surface area contributed by atoms with Gasteiger partial charge in [-0.05, 0) is 50.8 Å². The molecule has 2 aliphatic carbocycles. The highest BCUT2D eigenvalue weighted by molar-refractivity contribution is 7.99. The summed E-state index contributed by atoms with van der Waals surface area (Å²) in [6, 6.07) is 0.787. The fourth-order valence-electron chi connectivity index (χ4n) is 2.97. The number of rotatable bonds is 4. The third-order valence-corrected chi connectivity index (χ3v) is 5.22. The van der Waals surface area contributed by atoms with Gasteiger partial charge in [0.25, 0.3) is 0 Å². The second-order valence-electron chi connectivity index (χ2n) is 5.22. The molecule has 3 atom stereocenters. The Bertz CT molecular complexity index is 227. The summed E-state index contributed by atoms with van der Waals surface area (Å²) in [6.07, 6.45) is 16.6. The first-order chi connectivity index (χ1) is 7.90. The van der Waals surface area contributed by atoms with Gasteiger partial charge < -0.3 is 5.32 Å². The first-order valence-electron chi connectivity index (χ1n) is 6.81. The minimum Gasteiger partial charge on any atom is -0.313 e. The topological polar surface area (TPSA) is 12.0 Å². The smallest absolute Gasteiger partial charge is 0.0198 e. The van der Waals surface area contributed by atoms with E-state index in [2.05, 4.69) is 35.5 Å². The summed E-state index contributed by atoms with van der Waals surface area (Å²) in [6.45, 7) is 1.24. The van der Waals surface area contributed by atoms with Crippen molar-refractivity contribution in [1.82, 2.24) is 5.32 Å². The molecule has 1 N–H and O–H groups in total. The summed E-state index contributed by atoms with van der Waals surface area (Å²) in [5.74, 6) is 0.898. The molecule has 0 spiro atoms. The zero-order valence-electron chi connectivity index (χ0n) is 10.5. The van der Waals surface area contributed by atoms with E-state index >= 15 is 0 Å². The quantitative estimate of drug-likeness (QED) is 0.752. The van der Waals surface area contributed by atoms with Crippen molar-refractivity contribution in [1.29, 1.82) is 0 Å². The Labute approximate surface area is 104 Å². The van der Waals surface area contributed by atoms with E-state index in [0.29, 0.717) is 0 Å². The van der Waals surface area contributed by atoms with Gasteiger partial charge in [0.2, 0.25) is 0 Å². The van der Waals surface area contributed by atoms with Crippen molar-refractivity contribution >= 4 is 11.8 Å². The predicted molar refractivity (Wildman–Crippen MR) is 74.0 cm³/mol. The number of nitrogens with one attached hydrogen (secondary N) is 1. The van der Waals surface area contributed by atoms with Gasteiger partial charge in [0, 0.05) is 11.3 Å². The van der Waals surface area contributed by atoms with E-state index in [-0.39, 0.29) is 0 Å². The Morgan fingerprint density at radius 1 is 1.19 bits per heavy atom. The standard InChI is InChI=1S/C14H25NS/c1-16-14-10-6-5-9-13(14)15-11-12-7-3-2-4-8-12/h2-3,12-15H,4-11H2,1H3. The molecule has 1 saturated carbocycles. The molecule has 2 aliphatic rings. The average molecular weight is 239 g/mol. The molecule has 0 heterocycles. The molecule has 16 heavy (non-hydrogen) atoms. The predicted octanol–water partition coefficient (Wildman–Crippen LogP) is 3.61. The first kappa shape index (κ1) is 12.5. The molecule has 0 bridgehead atoms. The molecule has 2 rings (SSSR count). The zero-order valence-corrected chi connectivity index (χ0v) is 11.3. The number of hydrogen-bond donors (Lipinski definition) is 1. The van der Waals surface area contributed by atoms with Crippen molar-refractivity contribution in [2.24, 2.45) is 5.92 Å². The Morgan fingerprint density at radius 2 is 2.06 bits per heavy atom. The lowest BCUT2D eigenvalue weighted by molar-refractivity contribution is 0.344. The van der Waals surface area contributed by atoms with E-state index in [1.54, 1.807) is 0 Å². The highest BCUT2D eigenvalue weighted by Gasteiger charge is 2.24. The van der Waals surface area contributed by atoms with Crippen LogP contribution in [0.15, 0.2) is 12.2 Å². The molecule has 0 saturated heterocycles. The largest absolute Gasteiger partial charge is 0.313 e. The van der Waals surface area contributed by atoms with Crippen LogP contribution in [-0.2, 0) is 0 Å². The van der Waals surface area contributed by atoms with Crippen LogP contribution < -0.4 is 5.32 Å². The maximum Gasteiger partial charge on any atom is 0.0198 e. The van der Waals surface area contributed by atoms with Crippen molar-refractivity contribution in [2.45, 2.75) is 56.2 Å². The highest BCUT2D eigenvalue weighted by Crippen LogP contribution is 2.27. The van der Waals surface area contributed by atoms with Crippen molar-refractivity contribution in [2.75, 3.05) is 12.8 Å². The number of allylic oxidation sites excluding steroid dienone is 2. The molecule has 2 heteroatoms. The third kappa shape index (κ3) is 3.53. The van der Waals surface area contributed by atoms with Crippen molar-refractivity contribution in [3.63, 3.8) is 0 Å². The lowest BCUT2D eigenvalue weighted by atomic mass is 9.91. The molecular formula is C14H25NS. The van der Waals surface area contributed by atoms with Crippen molar-refractivity contribution < 1.29 is 0 Å². The molecule has 0 aliphatic heterocycles. The zero-order chi connectivity index (χ0) is 11.2. The summed E-state index contributed by atoms with van der Waals surface area (Å²) in [4.78, 5) is 0. The first-order valence-corrected chi connectivity index (χ1v) is 8.10. The van der Waals surface area contributed by atoms with Crippen LogP contribution in [0.3, 0.4) is 0 Å². The molecule has 1 fully saturated rings. The van der Waals surface area contributed by atoms with Gasteiger partial charge in [-0.15, -0.1) is 0 Å². The van der Waals surface area contributed by atoms with Crippen LogP contribution in [-0.4, -0.2) is 24.1 Å². The van der Waals surface area contributed by atoms with E-state index in [4.69, 9.17) is 0 Å². The fourth-order valence-corrected chi connectivity index (χ4v) is 3.94. The van der Waals surface area contributed by atoms with Crippen LogP contribution in [0.5, 0.6) is 0 Å². The summed E-state index contributed by atoms with van der Waals surface area (Å²) in [5.41, 5.74) is 0. The van der Waals surface area contributed by atoms with E-state index in [9.17, 15) is 0 Å². The van der Waals surface area contributed by atoms with Gasteiger partial charge in [0.05, 0.1) is 0 Å². The Hall–Kier alpha value is 0.0500. The monoisotopic (exact) mass is 239 g/mol. The summed E-state index contributed by atoms with van der Waals surface area (Å²) in [5, 5.41) is 4.71. The van der Waals surface area contributed by atoms with Crippen LogP contribution in [0.4, 0.5) is 0 Å². The van der Waals surface area contributed by atoms with Gasteiger partial charge in [-0.3, -0.25) is 0 Å². The highest BCUT2D eigenvalue weighted by atomic mass is 32.2. The molecule has 3 unspecified atom stereocenters. The molecule has 0 radical (unpaired) electrons. The summed E-state index contributed by atoms with van der Waals surface area (Å²) in [7, 11) is 0. The average Bonchev–Trinajstić information content (AvgIpc) is 2.38. The molecule has 0 aromatic heterocycles. The summed E-state index contributed by atoms with van der Waals surface area (Å²) >= 11 is 2.06. The molecular weight excluding hydrogens is 214 g/mol. The minimum atomic E-state index is 0.787. The van der Waals surface area contributed by atoms with Crippen molar-refractivity contribution in [3.8, 4) is 0 Å². The normalized spacial score (nSPS) is 35.2. The third-order valence-electron chi connectivity index (χ3n) is 4.05. The Kier molecular flexibility index (Phi) is 5.24. The van der Waals surface area contributed by atoms with Crippen LogP contribution in [0.25, 0.3) is 0 Å². The molecule has 0 amide bonds. The van der Waals surface area contributed by atoms with Gasteiger partial charge in [-0.25, -0.2) is 0 Å². The number of hydrogen-bond acceptors (Lipinski definition) is 2. The van der Waals surface area contributed by atoms with Crippen LogP contribution in [0.1, 0.15) is 44.9 Å². The SMILES string of the molecule is CSC1CCCCC1NCC1CC=CCC1. The fraction of sp³-hybridized carbons (Fsp3) is 0.857. The van der Waals surface area contributed by atoms with Crippen LogP contribution >= 0.6 is 11.8 Å². The maximum absolute atomic E-state index is 3.84. The molecule has 1 nitrogen and oxygen atoms in total. The van der Waals surface area contributed by atoms with Gasteiger partial charge in [-0.2, -0.15) is 11.8 Å². The van der Waals surface area contributed by atoms with Gasteiger partial charge in [0.1, 0.15) is 0 Å². The van der Waals surface area contributed by atoms with E-state index in [0.717, 1.165) is 17.2 Å². The Morgan fingerprint density at radius 3 is 2.81 bits per heavy atom. The lowest BCUT2D eigenvalue weighted by Gasteiger charge is -2.32. The van der Waals surface area contributed by atoms with E-state index in [1.807, 2.05) is 0 Å². The second kappa shape index (κ2) is 6.70. The second-order valence-corrected chi connectivity index (χ2v) is 6.30. The molecule has 0 aromatic carbocycles. The van der Waals surface area contributed by atoms with Crippen LogP contribution in [0.2, 0.25) is 0 Å². The van der Waals surface area contributed by atoms with E-state index < -0.39 is 0 Å². The number of thioether (sulfide) groups is 1. The lowest BCUT2D eigenvalue weighted by Crippen LogP contribution is -2.42. The van der Waals surface area contributed by atoms with Gasteiger partial charge >= 0.3 is 0 Å². The van der Waals surface area contributed by atoms with Gasteiger partial charge in [0.15, 0.2) is 0 Å². The molecule has 92 valence electrons.